The number of carbonyl (C=O) groups is 1. The summed E-state index contributed by atoms with van der Waals surface area (Å²) in [6.45, 7) is -2.52. The van der Waals surface area contributed by atoms with Gasteiger partial charge in [0, 0.05) is 30.8 Å². The van der Waals surface area contributed by atoms with Gasteiger partial charge in [-0.1, -0.05) is 54.6 Å². The minimum Gasteiger partial charge on any atom is -0.356 e. The van der Waals surface area contributed by atoms with Crippen molar-refractivity contribution in [1.29, 1.82) is 0 Å². The van der Waals surface area contributed by atoms with Crippen molar-refractivity contribution in [2.24, 2.45) is 0 Å². The molecule has 0 saturated carbocycles. The van der Waals surface area contributed by atoms with Gasteiger partial charge in [-0.2, -0.15) is 0 Å². The topological polar surface area (TPSA) is 80.7 Å². The second kappa shape index (κ2) is 10.1. The molecule has 0 saturated heterocycles. The van der Waals surface area contributed by atoms with Gasteiger partial charge in [-0.05, 0) is 29.2 Å². The van der Waals surface area contributed by atoms with Gasteiger partial charge in [-0.3, -0.25) is 9.78 Å². The molecule has 0 radical (unpaired) electrons. The van der Waals surface area contributed by atoms with Crippen molar-refractivity contribution in [3.8, 4) is 11.1 Å². The zero-order chi connectivity index (χ0) is 20.7. The standard InChI is InChI=1S/C21H23N2O4PS/c1-26-28(25,29)27-13-7-12-22-20(24)14-19-21(16-8-3-2-4-9-16)18-11-6-5-10-17(18)15-23-19/h2-6,8-11,15H,7,12-14H2,1H3,(H,22,24)(H,25,29). The Kier molecular flexibility index (Phi) is 7.47. The number of fused-ring (bicyclic) bond motifs is 1. The van der Waals surface area contributed by atoms with Crippen LogP contribution in [0.25, 0.3) is 21.9 Å². The molecule has 1 heterocycles. The average molecular weight is 430 g/mol. The number of rotatable bonds is 9. The summed E-state index contributed by atoms with van der Waals surface area (Å²) in [7, 11) is 1.31. The first kappa shape index (κ1) is 21.6. The highest BCUT2D eigenvalue weighted by Gasteiger charge is 2.15. The smallest absolute Gasteiger partial charge is 0.324 e. The van der Waals surface area contributed by atoms with Crippen molar-refractivity contribution < 1.29 is 18.7 Å². The normalized spacial score (nSPS) is 13.2. The van der Waals surface area contributed by atoms with Gasteiger partial charge in [-0.15, -0.1) is 0 Å². The van der Waals surface area contributed by atoms with Gasteiger partial charge >= 0.3 is 6.72 Å². The molecule has 1 aromatic heterocycles. The predicted molar refractivity (Wildman–Crippen MR) is 118 cm³/mol. The maximum absolute atomic E-state index is 12.5. The van der Waals surface area contributed by atoms with E-state index in [1.165, 1.54) is 7.11 Å². The van der Waals surface area contributed by atoms with Crippen LogP contribution < -0.4 is 5.32 Å². The van der Waals surface area contributed by atoms with Gasteiger partial charge in [0.25, 0.3) is 0 Å². The van der Waals surface area contributed by atoms with E-state index in [4.69, 9.17) is 20.9 Å². The van der Waals surface area contributed by atoms with E-state index in [0.717, 1.165) is 27.6 Å². The lowest BCUT2D eigenvalue weighted by Gasteiger charge is -2.14. The third-order valence-corrected chi connectivity index (χ3v) is 6.13. The fourth-order valence-electron chi connectivity index (χ4n) is 3.01. The van der Waals surface area contributed by atoms with Crippen LogP contribution in [0, 0.1) is 0 Å². The Morgan fingerprint density at radius 1 is 1.17 bits per heavy atom. The van der Waals surface area contributed by atoms with Crippen LogP contribution in [0.1, 0.15) is 12.1 Å². The Morgan fingerprint density at radius 3 is 2.66 bits per heavy atom. The molecule has 6 nitrogen and oxygen atoms in total. The molecule has 0 fully saturated rings. The Morgan fingerprint density at radius 2 is 1.90 bits per heavy atom. The SMILES string of the molecule is COP(O)(=S)OCCCNC(=O)Cc1ncc2ccccc2c1-c1ccccc1. The number of benzene rings is 2. The monoisotopic (exact) mass is 430 g/mol. The van der Waals surface area contributed by atoms with Crippen LogP contribution in [0.4, 0.5) is 0 Å². The van der Waals surface area contributed by atoms with E-state index >= 15 is 0 Å². The summed E-state index contributed by atoms with van der Waals surface area (Å²) in [5.41, 5.74) is 2.73. The van der Waals surface area contributed by atoms with E-state index in [1.54, 1.807) is 6.20 Å². The Bertz CT molecular complexity index is 1030. The first-order chi connectivity index (χ1) is 14.0. The van der Waals surface area contributed by atoms with E-state index in [9.17, 15) is 9.69 Å². The highest BCUT2D eigenvalue weighted by Crippen LogP contribution is 2.42. The van der Waals surface area contributed by atoms with Crippen molar-refractivity contribution in [3.05, 3.63) is 66.5 Å². The lowest BCUT2D eigenvalue weighted by atomic mass is 9.96. The average Bonchev–Trinajstić information content (AvgIpc) is 2.74. The Balaban J connectivity index is 1.70. The number of amides is 1. The summed E-state index contributed by atoms with van der Waals surface area (Å²) in [5.74, 6) is -0.125. The fourth-order valence-corrected chi connectivity index (χ4v) is 3.70. The molecule has 0 bridgehead atoms. The highest BCUT2D eigenvalue weighted by atomic mass is 32.5. The van der Waals surface area contributed by atoms with Gasteiger partial charge < -0.3 is 19.3 Å². The third-order valence-electron chi connectivity index (χ3n) is 4.40. The summed E-state index contributed by atoms with van der Waals surface area (Å²) < 4.78 is 9.80. The van der Waals surface area contributed by atoms with E-state index in [1.807, 2.05) is 54.6 Å². The minimum absolute atomic E-state index is 0.125. The lowest BCUT2D eigenvalue weighted by Crippen LogP contribution is -2.27. The zero-order valence-corrected chi connectivity index (χ0v) is 17.8. The summed E-state index contributed by atoms with van der Waals surface area (Å²) in [6.07, 6.45) is 2.49. The maximum atomic E-state index is 12.5. The summed E-state index contributed by atoms with van der Waals surface area (Å²) in [4.78, 5) is 26.6. The second-order valence-electron chi connectivity index (χ2n) is 6.40. The fraction of sp³-hybridized carbons (Fsp3) is 0.238. The lowest BCUT2D eigenvalue weighted by molar-refractivity contribution is -0.120. The molecule has 2 aromatic carbocycles. The van der Waals surface area contributed by atoms with Crippen LogP contribution in [0.15, 0.2) is 60.8 Å². The molecule has 8 heteroatoms. The molecule has 152 valence electrons. The number of nitrogens with zero attached hydrogens (tertiary/aromatic N) is 1. The molecular formula is C21H23N2O4PS. The molecule has 3 aromatic rings. The number of nitrogens with one attached hydrogen (secondary N) is 1. The number of hydrogen-bond acceptors (Lipinski definition) is 5. The van der Waals surface area contributed by atoms with Crippen molar-refractivity contribution in [1.82, 2.24) is 10.3 Å². The van der Waals surface area contributed by atoms with E-state index in [-0.39, 0.29) is 18.9 Å². The van der Waals surface area contributed by atoms with Crippen LogP contribution >= 0.6 is 6.72 Å². The first-order valence-corrected chi connectivity index (χ1v) is 11.8. The molecular weight excluding hydrogens is 407 g/mol. The molecule has 29 heavy (non-hydrogen) atoms. The van der Waals surface area contributed by atoms with Crippen LogP contribution in [0.2, 0.25) is 0 Å². The number of carbonyl (C=O) groups excluding carboxylic acids is 1. The second-order valence-corrected chi connectivity index (χ2v) is 9.34. The van der Waals surface area contributed by atoms with Crippen molar-refractivity contribution in [2.75, 3.05) is 20.3 Å². The largest absolute Gasteiger partial charge is 0.356 e. The van der Waals surface area contributed by atoms with Gasteiger partial charge in [-0.25, -0.2) is 0 Å². The molecule has 0 aliphatic rings. The zero-order valence-electron chi connectivity index (χ0n) is 16.1. The quantitative estimate of drug-likeness (QED) is 0.397. The minimum atomic E-state index is -3.15. The van der Waals surface area contributed by atoms with Crippen LogP contribution in [0.5, 0.6) is 0 Å². The Labute approximate surface area is 175 Å². The van der Waals surface area contributed by atoms with Crippen LogP contribution in [-0.2, 0) is 32.1 Å². The van der Waals surface area contributed by atoms with Gasteiger partial charge in [0.1, 0.15) is 0 Å². The van der Waals surface area contributed by atoms with Crippen molar-refractivity contribution in [2.45, 2.75) is 12.8 Å². The van der Waals surface area contributed by atoms with Crippen LogP contribution in [-0.4, -0.2) is 36.0 Å². The maximum Gasteiger partial charge on any atom is 0.324 e. The molecule has 0 spiro atoms. The summed E-state index contributed by atoms with van der Waals surface area (Å²) in [5, 5.41) is 4.96. The Hall–Kier alpha value is -2.15. The van der Waals surface area contributed by atoms with Gasteiger partial charge in [0.15, 0.2) is 0 Å². The van der Waals surface area contributed by atoms with Gasteiger partial charge in [0.2, 0.25) is 5.91 Å². The van der Waals surface area contributed by atoms with E-state index in [2.05, 4.69) is 10.3 Å². The number of aromatic nitrogens is 1. The molecule has 3 rings (SSSR count). The molecule has 1 unspecified atom stereocenters. The van der Waals surface area contributed by atoms with Crippen molar-refractivity contribution in [3.63, 3.8) is 0 Å². The van der Waals surface area contributed by atoms with Gasteiger partial charge in [0.05, 0.1) is 18.7 Å². The van der Waals surface area contributed by atoms with E-state index < -0.39 is 6.72 Å². The summed E-state index contributed by atoms with van der Waals surface area (Å²) in [6, 6.07) is 18.0. The highest BCUT2D eigenvalue weighted by molar-refractivity contribution is 8.07. The number of pyridine rings is 1. The van der Waals surface area contributed by atoms with Crippen LogP contribution in [0.3, 0.4) is 0 Å². The first-order valence-electron chi connectivity index (χ1n) is 9.22. The summed E-state index contributed by atoms with van der Waals surface area (Å²) >= 11 is 4.76. The molecule has 0 aliphatic carbocycles. The number of hydrogen-bond donors (Lipinski definition) is 2. The molecule has 2 N–H and O–H groups in total. The van der Waals surface area contributed by atoms with Crippen molar-refractivity contribution >= 4 is 35.2 Å². The third kappa shape index (κ3) is 5.92. The molecule has 0 aliphatic heterocycles. The predicted octanol–water partition coefficient (Wildman–Crippen LogP) is 3.83. The molecule has 1 amide bonds. The molecule has 1 atom stereocenters. The van der Waals surface area contributed by atoms with E-state index in [0.29, 0.717) is 13.0 Å².